The van der Waals surface area contributed by atoms with Crippen LogP contribution in [0, 0.1) is 5.41 Å². The number of rotatable bonds is 6. The molecule has 1 atom stereocenters. The van der Waals surface area contributed by atoms with Crippen molar-refractivity contribution in [3.63, 3.8) is 0 Å². The summed E-state index contributed by atoms with van der Waals surface area (Å²) in [5.41, 5.74) is 7.02. The number of aliphatic hydroxyl groups excluding tert-OH is 1. The van der Waals surface area contributed by atoms with Crippen LogP contribution in [-0.2, 0) is 6.42 Å². The summed E-state index contributed by atoms with van der Waals surface area (Å²) in [7, 11) is 1.66. The first kappa shape index (κ1) is 15.0. The molecule has 3 N–H and O–H groups in total. The van der Waals surface area contributed by atoms with Crippen molar-refractivity contribution in [3.8, 4) is 5.75 Å². The number of nitrogens with two attached hydrogens (primary N) is 1. The first-order valence-corrected chi connectivity index (χ1v) is 6.35. The fourth-order valence-electron chi connectivity index (χ4n) is 2.08. The van der Waals surface area contributed by atoms with E-state index in [1.165, 1.54) is 5.56 Å². The van der Waals surface area contributed by atoms with Crippen LogP contribution < -0.4 is 10.5 Å². The van der Waals surface area contributed by atoms with E-state index in [1.54, 1.807) is 7.11 Å². The van der Waals surface area contributed by atoms with Crippen LogP contribution in [0.2, 0.25) is 0 Å². The first-order valence-electron chi connectivity index (χ1n) is 6.35. The zero-order valence-corrected chi connectivity index (χ0v) is 11.9. The number of hydrogen-bond donors (Lipinski definition) is 2. The number of methoxy groups -OCH3 is 1. The van der Waals surface area contributed by atoms with Gasteiger partial charge in [0.1, 0.15) is 5.75 Å². The largest absolute Gasteiger partial charge is 0.497 e. The van der Waals surface area contributed by atoms with Gasteiger partial charge in [-0.3, -0.25) is 0 Å². The summed E-state index contributed by atoms with van der Waals surface area (Å²) >= 11 is 0. The van der Waals surface area contributed by atoms with E-state index in [4.69, 9.17) is 10.5 Å². The summed E-state index contributed by atoms with van der Waals surface area (Å²) in [4.78, 5) is 0. The topological polar surface area (TPSA) is 55.5 Å². The summed E-state index contributed by atoms with van der Waals surface area (Å²) in [5.74, 6) is 0.856. The Balaban J connectivity index is 2.89. The lowest BCUT2D eigenvalue weighted by Gasteiger charge is -2.42. The number of benzene rings is 1. The monoisotopic (exact) mass is 251 g/mol. The predicted octanol–water partition coefficient (Wildman–Crippen LogP) is 2.36. The molecule has 0 saturated heterocycles. The lowest BCUT2D eigenvalue weighted by atomic mass is 9.68. The molecule has 0 radical (unpaired) electrons. The maximum absolute atomic E-state index is 9.25. The Morgan fingerprint density at radius 3 is 2.11 bits per heavy atom. The van der Waals surface area contributed by atoms with Gasteiger partial charge in [0.2, 0.25) is 0 Å². The van der Waals surface area contributed by atoms with E-state index in [0.29, 0.717) is 6.42 Å². The Morgan fingerprint density at radius 2 is 1.72 bits per heavy atom. The number of ether oxygens (including phenoxy) is 1. The van der Waals surface area contributed by atoms with Gasteiger partial charge in [-0.25, -0.2) is 0 Å². The zero-order chi connectivity index (χ0) is 13.8. The van der Waals surface area contributed by atoms with Crippen molar-refractivity contribution in [3.05, 3.63) is 29.8 Å². The third-order valence-corrected chi connectivity index (χ3v) is 3.97. The van der Waals surface area contributed by atoms with Gasteiger partial charge in [-0.05, 0) is 49.8 Å². The van der Waals surface area contributed by atoms with E-state index in [2.05, 4.69) is 19.1 Å². The normalized spacial score (nSPS) is 15.2. The lowest BCUT2D eigenvalue weighted by molar-refractivity contribution is 0.119. The van der Waals surface area contributed by atoms with E-state index in [-0.39, 0.29) is 17.6 Å². The summed E-state index contributed by atoms with van der Waals surface area (Å²) in [6.45, 7) is 6.33. The Morgan fingerprint density at radius 1 is 1.17 bits per heavy atom. The fourth-order valence-corrected chi connectivity index (χ4v) is 2.08. The van der Waals surface area contributed by atoms with Gasteiger partial charge in [-0.2, -0.15) is 0 Å². The highest BCUT2D eigenvalue weighted by Crippen LogP contribution is 2.36. The summed E-state index contributed by atoms with van der Waals surface area (Å²) in [6, 6.07) is 8.02. The van der Waals surface area contributed by atoms with Crippen LogP contribution in [0.15, 0.2) is 24.3 Å². The second kappa shape index (κ2) is 5.72. The molecule has 1 rings (SSSR count). The Kier molecular flexibility index (Phi) is 4.77. The molecule has 0 aliphatic carbocycles. The molecule has 0 bridgehead atoms. The van der Waals surface area contributed by atoms with E-state index in [0.717, 1.165) is 12.2 Å². The maximum Gasteiger partial charge on any atom is 0.118 e. The quantitative estimate of drug-likeness (QED) is 0.816. The minimum atomic E-state index is -0.338. The molecular formula is C15H25NO2. The van der Waals surface area contributed by atoms with Crippen LogP contribution in [0.3, 0.4) is 0 Å². The minimum Gasteiger partial charge on any atom is -0.497 e. The first-order chi connectivity index (χ1) is 8.32. The van der Waals surface area contributed by atoms with Crippen LogP contribution in [-0.4, -0.2) is 24.4 Å². The van der Waals surface area contributed by atoms with Crippen LogP contribution in [0.25, 0.3) is 0 Å². The van der Waals surface area contributed by atoms with Crippen LogP contribution >= 0.6 is 0 Å². The van der Waals surface area contributed by atoms with Crippen LogP contribution in [0.1, 0.15) is 32.8 Å². The molecule has 0 aliphatic rings. The molecule has 0 aromatic heterocycles. The second-order valence-corrected chi connectivity index (χ2v) is 5.78. The molecule has 0 spiro atoms. The molecule has 1 aromatic rings. The summed E-state index contributed by atoms with van der Waals surface area (Å²) in [5, 5.41) is 9.25. The highest BCUT2D eigenvalue weighted by molar-refractivity contribution is 5.28. The van der Waals surface area contributed by atoms with Crippen molar-refractivity contribution in [1.82, 2.24) is 0 Å². The van der Waals surface area contributed by atoms with Crippen molar-refractivity contribution in [2.75, 3.05) is 13.7 Å². The van der Waals surface area contributed by atoms with Crippen molar-refractivity contribution >= 4 is 0 Å². The molecule has 3 nitrogen and oxygen atoms in total. The number of aliphatic hydroxyl groups is 1. The summed E-state index contributed by atoms with van der Waals surface area (Å²) < 4.78 is 5.15. The van der Waals surface area contributed by atoms with Gasteiger partial charge in [-0.1, -0.05) is 19.1 Å². The van der Waals surface area contributed by atoms with Gasteiger partial charge in [-0.15, -0.1) is 0 Å². The van der Waals surface area contributed by atoms with E-state index >= 15 is 0 Å². The summed E-state index contributed by atoms with van der Waals surface area (Å²) in [6.07, 6.45) is 1.55. The van der Waals surface area contributed by atoms with Gasteiger partial charge >= 0.3 is 0 Å². The molecule has 0 heterocycles. The molecule has 0 aliphatic heterocycles. The van der Waals surface area contributed by atoms with Gasteiger partial charge in [0.15, 0.2) is 0 Å². The number of hydrogen-bond acceptors (Lipinski definition) is 3. The standard InChI is InChI=1S/C15H25NO2/c1-14(2,16)15(3,9-10-17)11-12-5-7-13(18-4)8-6-12/h5-8,17H,9-11,16H2,1-4H3. The van der Waals surface area contributed by atoms with Gasteiger partial charge < -0.3 is 15.6 Å². The smallest absolute Gasteiger partial charge is 0.118 e. The lowest BCUT2D eigenvalue weighted by Crippen LogP contribution is -2.50. The Hall–Kier alpha value is -1.06. The zero-order valence-electron chi connectivity index (χ0n) is 11.9. The van der Waals surface area contributed by atoms with Crippen LogP contribution in [0.4, 0.5) is 0 Å². The molecule has 0 amide bonds. The third-order valence-electron chi connectivity index (χ3n) is 3.97. The average molecular weight is 251 g/mol. The predicted molar refractivity (Wildman–Crippen MR) is 74.8 cm³/mol. The van der Waals surface area contributed by atoms with Crippen molar-refractivity contribution in [2.24, 2.45) is 11.1 Å². The molecule has 1 unspecified atom stereocenters. The molecule has 3 heteroatoms. The van der Waals surface area contributed by atoms with E-state index in [1.807, 2.05) is 26.0 Å². The molecule has 102 valence electrons. The van der Waals surface area contributed by atoms with Crippen molar-refractivity contribution in [2.45, 2.75) is 39.2 Å². The second-order valence-electron chi connectivity index (χ2n) is 5.78. The maximum atomic E-state index is 9.25. The van der Waals surface area contributed by atoms with Crippen molar-refractivity contribution < 1.29 is 9.84 Å². The average Bonchev–Trinajstić information content (AvgIpc) is 2.29. The van der Waals surface area contributed by atoms with E-state index < -0.39 is 0 Å². The molecule has 18 heavy (non-hydrogen) atoms. The highest BCUT2D eigenvalue weighted by Gasteiger charge is 2.37. The highest BCUT2D eigenvalue weighted by atomic mass is 16.5. The van der Waals surface area contributed by atoms with Crippen molar-refractivity contribution in [1.29, 1.82) is 0 Å². The molecule has 1 aromatic carbocycles. The minimum absolute atomic E-state index is 0.129. The van der Waals surface area contributed by atoms with Gasteiger partial charge in [0.25, 0.3) is 0 Å². The fraction of sp³-hybridized carbons (Fsp3) is 0.600. The van der Waals surface area contributed by atoms with Gasteiger partial charge in [0, 0.05) is 12.1 Å². The Bertz CT molecular complexity index is 367. The van der Waals surface area contributed by atoms with Gasteiger partial charge in [0.05, 0.1) is 7.11 Å². The molecule has 0 saturated carbocycles. The SMILES string of the molecule is COc1ccc(CC(C)(CCO)C(C)(C)N)cc1. The van der Waals surface area contributed by atoms with Crippen LogP contribution in [0.5, 0.6) is 5.75 Å². The van der Waals surface area contributed by atoms with E-state index in [9.17, 15) is 5.11 Å². The Labute approximate surface area is 110 Å². The third kappa shape index (κ3) is 3.47. The molecule has 0 fully saturated rings. The molecular weight excluding hydrogens is 226 g/mol.